The zero-order valence-corrected chi connectivity index (χ0v) is 15.6. The van der Waals surface area contributed by atoms with Gasteiger partial charge in [-0.3, -0.25) is 14.1 Å². The van der Waals surface area contributed by atoms with Crippen LogP contribution in [0.4, 0.5) is 5.69 Å². The van der Waals surface area contributed by atoms with E-state index in [1.165, 1.54) is 0 Å². The van der Waals surface area contributed by atoms with Gasteiger partial charge >= 0.3 is 0 Å². The van der Waals surface area contributed by atoms with Gasteiger partial charge in [0, 0.05) is 18.4 Å². The van der Waals surface area contributed by atoms with Crippen molar-refractivity contribution in [2.24, 2.45) is 0 Å². The predicted molar refractivity (Wildman–Crippen MR) is 106 cm³/mol. The van der Waals surface area contributed by atoms with Crippen molar-refractivity contribution in [2.75, 3.05) is 24.5 Å². The summed E-state index contributed by atoms with van der Waals surface area (Å²) in [6.45, 7) is 1.54. The third-order valence-corrected chi connectivity index (χ3v) is 5.16. The number of hydrogen-bond acceptors (Lipinski definition) is 5. The van der Waals surface area contributed by atoms with Gasteiger partial charge in [-0.1, -0.05) is 24.3 Å². The number of benzene rings is 1. The molecule has 142 valence electrons. The van der Waals surface area contributed by atoms with E-state index in [1.54, 1.807) is 4.90 Å². The van der Waals surface area contributed by atoms with E-state index in [-0.39, 0.29) is 11.9 Å². The number of nitriles is 1. The minimum atomic E-state index is 0.00201. The van der Waals surface area contributed by atoms with Gasteiger partial charge in [-0.05, 0) is 43.7 Å². The van der Waals surface area contributed by atoms with E-state index in [9.17, 15) is 4.79 Å². The molecular weight excluding hydrogens is 352 g/mol. The first-order valence-corrected chi connectivity index (χ1v) is 9.54. The molecule has 1 atom stereocenters. The van der Waals surface area contributed by atoms with Crippen molar-refractivity contribution in [1.82, 2.24) is 19.5 Å². The van der Waals surface area contributed by atoms with E-state index in [0.29, 0.717) is 19.5 Å². The van der Waals surface area contributed by atoms with Crippen molar-refractivity contribution in [1.29, 1.82) is 5.26 Å². The van der Waals surface area contributed by atoms with Crippen LogP contribution in [0.15, 0.2) is 54.7 Å². The van der Waals surface area contributed by atoms with Crippen molar-refractivity contribution < 1.29 is 4.79 Å². The number of carbonyl (C=O) groups excluding carboxylic acids is 1. The predicted octanol–water partition coefficient (Wildman–Crippen LogP) is 2.81. The molecule has 2 aromatic heterocycles. The molecule has 1 unspecified atom stereocenters. The summed E-state index contributed by atoms with van der Waals surface area (Å²) >= 11 is 0. The average Bonchev–Trinajstić information content (AvgIpc) is 3.35. The third-order valence-electron chi connectivity index (χ3n) is 5.16. The second-order valence-electron chi connectivity index (χ2n) is 6.90. The lowest BCUT2D eigenvalue weighted by Gasteiger charge is -2.27. The maximum absolute atomic E-state index is 13.1. The number of pyridine rings is 1. The fourth-order valence-corrected chi connectivity index (χ4v) is 3.82. The average molecular weight is 374 g/mol. The summed E-state index contributed by atoms with van der Waals surface area (Å²) < 4.78 is 2.00. The van der Waals surface area contributed by atoms with Crippen molar-refractivity contribution in [3.8, 4) is 6.07 Å². The maximum Gasteiger partial charge on any atom is 0.241 e. The van der Waals surface area contributed by atoms with Crippen molar-refractivity contribution in [2.45, 2.75) is 25.3 Å². The van der Waals surface area contributed by atoms with Gasteiger partial charge in [-0.15, -0.1) is 10.2 Å². The molecule has 0 aliphatic carbocycles. The number of amides is 1. The molecule has 28 heavy (non-hydrogen) atoms. The van der Waals surface area contributed by atoms with Gasteiger partial charge in [0.05, 0.1) is 25.1 Å². The van der Waals surface area contributed by atoms with Gasteiger partial charge in [0.2, 0.25) is 5.91 Å². The molecule has 0 N–H and O–H groups in total. The smallest absolute Gasteiger partial charge is 0.241 e. The first-order chi connectivity index (χ1) is 13.8. The minimum absolute atomic E-state index is 0.00201. The minimum Gasteiger partial charge on any atom is -0.310 e. The number of aromatic nitrogens is 3. The van der Waals surface area contributed by atoms with Gasteiger partial charge in [0.25, 0.3) is 0 Å². The second-order valence-corrected chi connectivity index (χ2v) is 6.90. The van der Waals surface area contributed by atoms with Crippen LogP contribution in [-0.2, 0) is 4.79 Å². The lowest BCUT2D eigenvalue weighted by atomic mass is 10.2. The zero-order chi connectivity index (χ0) is 19.3. The molecule has 1 aliphatic rings. The van der Waals surface area contributed by atoms with Crippen LogP contribution in [-0.4, -0.2) is 45.0 Å². The first kappa shape index (κ1) is 18.1. The topological polar surface area (TPSA) is 77.5 Å². The van der Waals surface area contributed by atoms with Gasteiger partial charge in [-0.25, -0.2) is 0 Å². The molecular formula is C21H22N6O. The SMILES string of the molecule is N#CCCN(C(=O)CN1CCCC1c1nnc2ccccn12)c1ccccc1. The number of para-hydroxylation sites is 1. The Morgan fingerprint density at radius 1 is 1.18 bits per heavy atom. The molecule has 0 bridgehead atoms. The number of likely N-dealkylation sites (tertiary alicyclic amines) is 1. The fourth-order valence-electron chi connectivity index (χ4n) is 3.82. The van der Waals surface area contributed by atoms with Crippen molar-refractivity contribution in [3.05, 3.63) is 60.6 Å². The van der Waals surface area contributed by atoms with E-state index in [0.717, 1.165) is 36.5 Å². The molecule has 3 heterocycles. The zero-order valence-electron chi connectivity index (χ0n) is 15.6. The Hall–Kier alpha value is -3.24. The molecule has 0 spiro atoms. The fraction of sp³-hybridized carbons (Fsp3) is 0.333. The lowest BCUT2D eigenvalue weighted by molar-refractivity contribution is -0.120. The molecule has 1 fully saturated rings. The van der Waals surface area contributed by atoms with Crippen LogP contribution in [0.3, 0.4) is 0 Å². The maximum atomic E-state index is 13.1. The van der Waals surface area contributed by atoms with E-state index < -0.39 is 0 Å². The van der Waals surface area contributed by atoms with E-state index in [2.05, 4.69) is 21.2 Å². The standard InChI is InChI=1S/C21H22N6O/c22-12-7-15-26(17-8-2-1-3-9-17)20(28)16-25-13-6-10-18(25)21-24-23-19-11-4-5-14-27(19)21/h1-5,8-9,11,14,18H,6-7,10,13,15-16H2. The van der Waals surface area contributed by atoms with Crippen LogP contribution in [0.25, 0.3) is 5.65 Å². The summed E-state index contributed by atoms with van der Waals surface area (Å²) in [6.07, 6.45) is 4.24. The Labute approximate surface area is 163 Å². The van der Waals surface area contributed by atoms with Crippen LogP contribution in [0.2, 0.25) is 0 Å². The van der Waals surface area contributed by atoms with Gasteiger partial charge in [0.15, 0.2) is 11.5 Å². The Morgan fingerprint density at radius 3 is 2.82 bits per heavy atom. The van der Waals surface area contributed by atoms with E-state index in [1.807, 2.05) is 59.1 Å². The van der Waals surface area contributed by atoms with Gasteiger partial charge in [-0.2, -0.15) is 5.26 Å². The highest BCUT2D eigenvalue weighted by Gasteiger charge is 2.32. The van der Waals surface area contributed by atoms with Crippen molar-refractivity contribution in [3.63, 3.8) is 0 Å². The van der Waals surface area contributed by atoms with Gasteiger partial charge < -0.3 is 4.90 Å². The normalized spacial score (nSPS) is 16.9. The number of nitrogens with zero attached hydrogens (tertiary/aromatic N) is 6. The molecule has 4 rings (SSSR count). The number of hydrogen-bond donors (Lipinski definition) is 0. The van der Waals surface area contributed by atoms with Crippen LogP contribution in [0.5, 0.6) is 0 Å². The Morgan fingerprint density at radius 2 is 2.00 bits per heavy atom. The summed E-state index contributed by atoms with van der Waals surface area (Å²) in [4.78, 5) is 17.0. The van der Waals surface area contributed by atoms with Crippen LogP contribution in [0.1, 0.15) is 31.1 Å². The molecule has 1 aromatic carbocycles. The molecule has 7 nitrogen and oxygen atoms in total. The highest BCUT2D eigenvalue weighted by Crippen LogP contribution is 2.31. The summed E-state index contributed by atoms with van der Waals surface area (Å²) in [7, 11) is 0. The summed E-state index contributed by atoms with van der Waals surface area (Å²) in [5.74, 6) is 0.881. The highest BCUT2D eigenvalue weighted by molar-refractivity contribution is 5.94. The largest absolute Gasteiger partial charge is 0.310 e. The number of anilines is 1. The summed E-state index contributed by atoms with van der Waals surface area (Å²) in [5, 5.41) is 17.6. The van der Waals surface area contributed by atoms with Crippen LogP contribution in [0, 0.1) is 11.3 Å². The Balaban J connectivity index is 1.54. The highest BCUT2D eigenvalue weighted by atomic mass is 16.2. The molecule has 0 radical (unpaired) electrons. The molecule has 0 saturated carbocycles. The summed E-state index contributed by atoms with van der Waals surface area (Å²) in [6, 6.07) is 17.6. The second kappa shape index (κ2) is 8.19. The van der Waals surface area contributed by atoms with E-state index in [4.69, 9.17) is 5.26 Å². The molecule has 7 heteroatoms. The van der Waals surface area contributed by atoms with Crippen LogP contribution < -0.4 is 4.90 Å². The summed E-state index contributed by atoms with van der Waals surface area (Å²) in [5.41, 5.74) is 1.64. The molecule has 1 amide bonds. The number of carbonyl (C=O) groups is 1. The monoisotopic (exact) mass is 374 g/mol. The van der Waals surface area contributed by atoms with Crippen LogP contribution >= 0.6 is 0 Å². The molecule has 1 saturated heterocycles. The van der Waals surface area contributed by atoms with Gasteiger partial charge in [0.1, 0.15) is 0 Å². The Bertz CT molecular complexity index is 993. The van der Waals surface area contributed by atoms with E-state index >= 15 is 0 Å². The van der Waals surface area contributed by atoms with Crippen molar-refractivity contribution >= 4 is 17.2 Å². The first-order valence-electron chi connectivity index (χ1n) is 9.54. The third kappa shape index (κ3) is 3.59. The number of fused-ring (bicyclic) bond motifs is 1. The molecule has 3 aromatic rings. The lowest BCUT2D eigenvalue weighted by Crippen LogP contribution is -2.41. The molecule has 1 aliphatic heterocycles. The quantitative estimate of drug-likeness (QED) is 0.663. The Kier molecular flexibility index (Phi) is 5.31. The number of rotatable bonds is 6.